The van der Waals surface area contributed by atoms with Gasteiger partial charge >= 0.3 is 0 Å². The molecule has 1 aliphatic rings. The molecule has 1 aromatic carbocycles. The minimum atomic E-state index is 0.210. The lowest BCUT2D eigenvalue weighted by Gasteiger charge is -2.32. The maximum Gasteiger partial charge on any atom is 0.236 e. The molecular weight excluding hydrogens is 426 g/mol. The van der Waals surface area contributed by atoms with E-state index in [0.29, 0.717) is 18.4 Å². The van der Waals surface area contributed by atoms with E-state index in [9.17, 15) is 4.79 Å². The van der Waals surface area contributed by atoms with Gasteiger partial charge in [-0.3, -0.25) is 9.89 Å². The average Bonchev–Trinajstić information content (AvgIpc) is 3.44. The minimum Gasteiger partial charge on any atom is -0.342 e. The number of carbonyl (C=O) groups excluding carboxylic acids is 1. The average molecular weight is 460 g/mol. The predicted octanol–water partition coefficient (Wildman–Crippen LogP) is 3.97. The molecule has 1 fully saturated rings. The molecule has 5 rings (SSSR count). The molecule has 0 atom stereocenters. The highest BCUT2D eigenvalue weighted by molar-refractivity contribution is 5.89. The van der Waals surface area contributed by atoms with Crippen LogP contribution in [-0.4, -0.2) is 74.2 Å². The van der Waals surface area contributed by atoms with Gasteiger partial charge in [-0.15, -0.1) is 0 Å². The smallest absolute Gasteiger partial charge is 0.236 e. The van der Waals surface area contributed by atoms with Crippen LogP contribution in [0.1, 0.15) is 55.3 Å². The van der Waals surface area contributed by atoms with Gasteiger partial charge < -0.3 is 9.80 Å². The van der Waals surface area contributed by atoms with Crippen molar-refractivity contribution in [1.29, 1.82) is 0 Å². The number of hydrogen-bond acceptors (Lipinski definition) is 5. The third kappa shape index (κ3) is 4.07. The van der Waals surface area contributed by atoms with Gasteiger partial charge in [0.25, 0.3) is 0 Å². The zero-order chi connectivity index (χ0) is 24.0. The number of fused-ring (bicyclic) bond motifs is 2. The number of rotatable bonds is 5. The van der Waals surface area contributed by atoms with E-state index in [2.05, 4.69) is 60.3 Å². The Morgan fingerprint density at radius 3 is 2.68 bits per heavy atom. The van der Waals surface area contributed by atoms with Crippen molar-refractivity contribution in [2.75, 3.05) is 33.7 Å². The number of aromatic nitrogens is 5. The summed E-state index contributed by atoms with van der Waals surface area (Å²) in [7, 11) is 3.87. The Kier molecular flexibility index (Phi) is 5.85. The highest BCUT2D eigenvalue weighted by atomic mass is 16.2. The number of piperidine rings is 1. The van der Waals surface area contributed by atoms with Crippen molar-refractivity contribution in [3.63, 3.8) is 0 Å². The van der Waals surface area contributed by atoms with E-state index in [0.717, 1.165) is 53.9 Å². The van der Waals surface area contributed by atoms with Gasteiger partial charge in [0.05, 0.1) is 17.8 Å². The first-order valence-electron chi connectivity index (χ1n) is 12.1. The maximum atomic E-state index is 12.4. The van der Waals surface area contributed by atoms with Gasteiger partial charge in [-0.2, -0.15) is 10.2 Å². The van der Waals surface area contributed by atoms with Gasteiger partial charge in [0.1, 0.15) is 6.33 Å². The van der Waals surface area contributed by atoms with Gasteiger partial charge in [-0.05, 0) is 74.7 Å². The van der Waals surface area contributed by atoms with Gasteiger partial charge in [0.2, 0.25) is 5.91 Å². The van der Waals surface area contributed by atoms with E-state index in [1.165, 1.54) is 16.5 Å². The van der Waals surface area contributed by atoms with Crippen molar-refractivity contribution < 1.29 is 4.79 Å². The number of pyridine rings is 1. The Balaban J connectivity index is 1.47. The fourth-order valence-corrected chi connectivity index (χ4v) is 5.15. The Bertz CT molecular complexity index is 1340. The summed E-state index contributed by atoms with van der Waals surface area (Å²) >= 11 is 0. The van der Waals surface area contributed by atoms with Crippen LogP contribution in [0.3, 0.4) is 0 Å². The Hall–Kier alpha value is -3.26. The van der Waals surface area contributed by atoms with Crippen LogP contribution in [0.15, 0.2) is 30.7 Å². The summed E-state index contributed by atoms with van der Waals surface area (Å²) in [6.45, 7) is 8.59. The summed E-state index contributed by atoms with van der Waals surface area (Å²) in [6, 6.07) is 6.74. The number of aromatic amines is 1. The largest absolute Gasteiger partial charge is 0.342 e. The number of aryl methyl sites for hydroxylation is 1. The second kappa shape index (κ2) is 8.83. The number of nitrogens with zero attached hydrogens (tertiary/aromatic N) is 6. The lowest BCUT2D eigenvalue weighted by Crippen LogP contribution is -2.42. The third-order valence-electron chi connectivity index (χ3n) is 6.94. The highest BCUT2D eigenvalue weighted by Gasteiger charge is 2.27. The molecular formula is C26H33N7O. The quantitative estimate of drug-likeness (QED) is 0.488. The minimum absolute atomic E-state index is 0.210. The van der Waals surface area contributed by atoms with Crippen LogP contribution in [-0.2, 0) is 4.79 Å². The van der Waals surface area contributed by atoms with Crippen LogP contribution < -0.4 is 0 Å². The monoisotopic (exact) mass is 459 g/mol. The first-order chi connectivity index (χ1) is 16.3. The fraction of sp³-hybridized carbons (Fsp3) is 0.462. The molecule has 0 aliphatic carbocycles. The number of hydrogen-bond donors (Lipinski definition) is 1. The molecule has 1 saturated heterocycles. The zero-order valence-corrected chi connectivity index (χ0v) is 20.7. The second-order valence-electron chi connectivity index (χ2n) is 10.1. The van der Waals surface area contributed by atoms with E-state index in [1.807, 2.05) is 28.4 Å². The lowest BCUT2D eigenvalue weighted by molar-refractivity contribution is -0.132. The van der Waals surface area contributed by atoms with Crippen molar-refractivity contribution in [2.24, 2.45) is 0 Å². The number of likely N-dealkylation sites (tertiary alicyclic amines) is 1. The van der Waals surface area contributed by atoms with Crippen molar-refractivity contribution in [3.05, 3.63) is 47.5 Å². The van der Waals surface area contributed by atoms with E-state index in [-0.39, 0.29) is 5.91 Å². The molecule has 8 heteroatoms. The predicted molar refractivity (Wildman–Crippen MR) is 134 cm³/mol. The second-order valence-corrected chi connectivity index (χ2v) is 10.1. The van der Waals surface area contributed by atoms with Crippen LogP contribution in [0.2, 0.25) is 0 Å². The van der Waals surface area contributed by atoms with Gasteiger partial charge in [-0.25, -0.2) is 9.50 Å². The van der Waals surface area contributed by atoms with Crippen LogP contribution in [0.4, 0.5) is 0 Å². The Morgan fingerprint density at radius 1 is 1.21 bits per heavy atom. The molecule has 0 saturated carbocycles. The molecule has 0 bridgehead atoms. The van der Waals surface area contributed by atoms with Crippen LogP contribution in [0.5, 0.6) is 0 Å². The molecule has 8 nitrogen and oxygen atoms in total. The topological polar surface area (TPSA) is 82.4 Å². The lowest BCUT2D eigenvalue weighted by atomic mass is 9.87. The molecule has 178 valence electrons. The van der Waals surface area contributed by atoms with Crippen LogP contribution >= 0.6 is 0 Å². The SMILES string of the molecule is Cc1cc(-c2cc3[nH]nc(C4CCN(C(=O)CN(C)C)CC4)c3cc2C(C)C)cn2ncnc12. The van der Waals surface area contributed by atoms with Gasteiger partial charge in [-0.1, -0.05) is 13.8 Å². The van der Waals surface area contributed by atoms with Crippen molar-refractivity contribution >= 4 is 22.5 Å². The van der Waals surface area contributed by atoms with E-state index in [4.69, 9.17) is 5.10 Å². The Labute approximate surface area is 200 Å². The number of carbonyl (C=O) groups is 1. The number of amides is 1. The molecule has 34 heavy (non-hydrogen) atoms. The summed E-state index contributed by atoms with van der Waals surface area (Å²) in [4.78, 5) is 20.7. The number of likely N-dealkylation sites (N-methyl/N-ethyl adjacent to an activating group) is 1. The zero-order valence-electron chi connectivity index (χ0n) is 20.7. The van der Waals surface area contributed by atoms with E-state index in [1.54, 1.807) is 6.33 Å². The fourth-order valence-electron chi connectivity index (χ4n) is 5.15. The van der Waals surface area contributed by atoms with Crippen molar-refractivity contribution in [1.82, 2.24) is 34.6 Å². The summed E-state index contributed by atoms with van der Waals surface area (Å²) in [5, 5.41) is 13.6. The van der Waals surface area contributed by atoms with Gasteiger partial charge in [0.15, 0.2) is 5.65 Å². The molecule has 4 aromatic rings. The molecule has 4 heterocycles. The first kappa shape index (κ1) is 22.5. The normalized spacial score (nSPS) is 15.3. The van der Waals surface area contributed by atoms with Crippen LogP contribution in [0, 0.1) is 6.92 Å². The van der Waals surface area contributed by atoms with Gasteiger partial charge in [0, 0.05) is 36.2 Å². The van der Waals surface area contributed by atoms with E-state index < -0.39 is 0 Å². The standard InChI is InChI=1S/C26H33N7O/c1-16(2)20-11-22-23(12-21(20)19-10-17(3)26-27-15-28-33(26)13-19)29-30-25(22)18-6-8-32(9-7-18)24(34)14-31(4)5/h10-13,15-16,18H,6-9,14H2,1-5H3,(H,29,30). The molecule has 0 unspecified atom stereocenters. The molecule has 1 N–H and O–H groups in total. The molecule has 3 aromatic heterocycles. The molecule has 1 amide bonds. The maximum absolute atomic E-state index is 12.4. The number of nitrogens with one attached hydrogen (secondary N) is 1. The van der Waals surface area contributed by atoms with Crippen molar-refractivity contribution in [3.8, 4) is 11.1 Å². The Morgan fingerprint density at radius 2 is 1.97 bits per heavy atom. The first-order valence-corrected chi connectivity index (χ1v) is 12.1. The van der Waals surface area contributed by atoms with Crippen molar-refractivity contribution in [2.45, 2.75) is 45.4 Å². The highest BCUT2D eigenvalue weighted by Crippen LogP contribution is 2.37. The summed E-state index contributed by atoms with van der Waals surface area (Å²) in [5.74, 6) is 0.929. The molecule has 0 spiro atoms. The number of H-pyrrole nitrogens is 1. The summed E-state index contributed by atoms with van der Waals surface area (Å²) in [6.07, 6.45) is 5.54. The summed E-state index contributed by atoms with van der Waals surface area (Å²) in [5.41, 5.74) is 7.80. The number of benzene rings is 1. The summed E-state index contributed by atoms with van der Waals surface area (Å²) < 4.78 is 1.85. The molecule has 1 aliphatic heterocycles. The molecule has 0 radical (unpaired) electrons. The van der Waals surface area contributed by atoms with E-state index >= 15 is 0 Å². The third-order valence-corrected chi connectivity index (χ3v) is 6.94. The van der Waals surface area contributed by atoms with Crippen LogP contribution in [0.25, 0.3) is 27.7 Å².